The smallest absolute Gasteiger partial charge is 0.418 e. The highest BCUT2D eigenvalue weighted by Crippen LogP contribution is 2.39. The Bertz CT molecular complexity index is 1520. The molecule has 0 aliphatic rings. The highest BCUT2D eigenvalue weighted by molar-refractivity contribution is 7.91. The van der Waals surface area contributed by atoms with Crippen molar-refractivity contribution >= 4 is 20.7 Å². The van der Waals surface area contributed by atoms with Crippen molar-refractivity contribution < 1.29 is 26.3 Å². The summed E-state index contributed by atoms with van der Waals surface area (Å²) in [5.41, 5.74) is 1.10. The summed E-state index contributed by atoms with van der Waals surface area (Å²) < 4.78 is 72.2. The monoisotopic (exact) mass is 528 g/mol. The van der Waals surface area contributed by atoms with E-state index >= 15 is 0 Å². The molecule has 0 aliphatic heterocycles. The van der Waals surface area contributed by atoms with Gasteiger partial charge in [-0.3, -0.25) is 4.98 Å². The number of hydrogen-bond donors (Lipinski definition) is 1. The lowest BCUT2D eigenvalue weighted by atomic mass is 9.95. The number of aryl methyl sites for hydroxylation is 1. The Morgan fingerprint density at radius 1 is 0.973 bits per heavy atom. The van der Waals surface area contributed by atoms with Gasteiger partial charge in [-0.25, -0.2) is 8.42 Å². The van der Waals surface area contributed by atoms with Crippen LogP contribution >= 0.6 is 0 Å². The predicted molar refractivity (Wildman–Crippen MR) is 139 cm³/mol. The molecule has 0 fully saturated rings. The number of rotatable bonds is 9. The number of sulfone groups is 1. The lowest BCUT2D eigenvalue weighted by Crippen LogP contribution is -2.18. The summed E-state index contributed by atoms with van der Waals surface area (Å²) in [6.07, 6.45) is -2.59. The van der Waals surface area contributed by atoms with Crippen LogP contribution in [0.4, 0.5) is 13.2 Å². The quantitative estimate of drug-likeness (QED) is 0.242. The molecule has 0 aliphatic carbocycles. The molecule has 4 rings (SSSR count). The zero-order valence-corrected chi connectivity index (χ0v) is 21.3. The van der Waals surface area contributed by atoms with Gasteiger partial charge in [0.05, 0.1) is 21.7 Å². The highest BCUT2D eigenvalue weighted by atomic mass is 32.2. The molecule has 194 valence electrons. The molecule has 37 heavy (non-hydrogen) atoms. The highest BCUT2D eigenvalue weighted by Gasteiger charge is 2.33. The molecular weight excluding hydrogens is 501 g/mol. The number of aromatic nitrogens is 1. The molecule has 0 atom stereocenters. The van der Waals surface area contributed by atoms with Crippen molar-refractivity contribution in [1.82, 2.24) is 10.3 Å². The number of alkyl halides is 3. The van der Waals surface area contributed by atoms with E-state index in [4.69, 9.17) is 4.74 Å². The van der Waals surface area contributed by atoms with Gasteiger partial charge in [0.2, 0.25) is 0 Å². The first-order valence-corrected chi connectivity index (χ1v) is 13.5. The average Bonchev–Trinajstić information content (AvgIpc) is 2.86. The third-order valence-corrected chi connectivity index (χ3v) is 7.73. The average molecular weight is 529 g/mol. The zero-order chi connectivity index (χ0) is 26.6. The zero-order valence-electron chi connectivity index (χ0n) is 20.5. The van der Waals surface area contributed by atoms with Crippen molar-refractivity contribution in [3.05, 3.63) is 84.1 Å². The van der Waals surface area contributed by atoms with Crippen molar-refractivity contribution in [3.63, 3.8) is 0 Å². The maximum atomic E-state index is 13.6. The Hall–Kier alpha value is -3.43. The number of nitrogens with one attached hydrogen (secondary N) is 1. The Balaban J connectivity index is 1.65. The molecule has 1 aromatic heterocycles. The van der Waals surface area contributed by atoms with Gasteiger partial charge in [0.1, 0.15) is 11.5 Å². The lowest BCUT2D eigenvalue weighted by Gasteiger charge is -2.15. The normalized spacial score (nSPS) is 12.1. The fraction of sp³-hybridized carbons (Fsp3) is 0.250. The van der Waals surface area contributed by atoms with E-state index in [1.807, 2.05) is 6.92 Å². The van der Waals surface area contributed by atoms with Crippen LogP contribution in [0.3, 0.4) is 0 Å². The maximum absolute atomic E-state index is 13.6. The second kappa shape index (κ2) is 10.9. The number of pyridine rings is 1. The molecule has 5 nitrogen and oxygen atoms in total. The van der Waals surface area contributed by atoms with Gasteiger partial charge in [-0.2, -0.15) is 13.2 Å². The van der Waals surface area contributed by atoms with Crippen LogP contribution in [0.15, 0.2) is 77.8 Å². The Morgan fingerprint density at radius 3 is 2.41 bits per heavy atom. The summed E-state index contributed by atoms with van der Waals surface area (Å²) >= 11 is 0. The SMILES string of the molecule is CCNCCCS(=O)(=O)c1cccc(Oc2cccc(-c3c(C)cnc4c(C(F)(F)F)cccc34)c2)c1. The summed E-state index contributed by atoms with van der Waals surface area (Å²) in [6, 6.07) is 17.3. The van der Waals surface area contributed by atoms with Gasteiger partial charge in [0, 0.05) is 11.6 Å². The minimum absolute atomic E-state index is 0.0211. The number of ether oxygens (including phenoxy) is 1. The van der Waals surface area contributed by atoms with E-state index < -0.39 is 21.6 Å². The summed E-state index contributed by atoms with van der Waals surface area (Å²) in [4.78, 5) is 4.25. The molecule has 0 spiro atoms. The van der Waals surface area contributed by atoms with E-state index in [0.717, 1.165) is 18.2 Å². The van der Waals surface area contributed by atoms with Gasteiger partial charge in [-0.05, 0) is 79.5 Å². The van der Waals surface area contributed by atoms with Crippen molar-refractivity contribution in [2.45, 2.75) is 31.3 Å². The molecule has 9 heteroatoms. The van der Waals surface area contributed by atoms with Gasteiger partial charge in [-0.15, -0.1) is 0 Å². The van der Waals surface area contributed by atoms with Crippen LogP contribution in [0, 0.1) is 6.92 Å². The number of halogens is 3. The van der Waals surface area contributed by atoms with Crippen molar-refractivity contribution in [3.8, 4) is 22.6 Å². The lowest BCUT2D eigenvalue weighted by molar-refractivity contribution is -0.136. The number of hydrogen-bond acceptors (Lipinski definition) is 5. The summed E-state index contributed by atoms with van der Waals surface area (Å²) in [7, 11) is -3.47. The van der Waals surface area contributed by atoms with Crippen molar-refractivity contribution in [2.24, 2.45) is 0 Å². The number of fused-ring (bicyclic) bond motifs is 1. The summed E-state index contributed by atoms with van der Waals surface area (Å²) in [5, 5.41) is 3.50. The molecule has 0 radical (unpaired) electrons. The van der Waals surface area contributed by atoms with Crippen LogP contribution in [-0.2, 0) is 16.0 Å². The third-order valence-electron chi connectivity index (χ3n) is 5.93. The molecule has 0 saturated carbocycles. The van der Waals surface area contributed by atoms with E-state index in [1.165, 1.54) is 24.4 Å². The molecule has 4 aromatic rings. The van der Waals surface area contributed by atoms with Gasteiger partial charge < -0.3 is 10.1 Å². The maximum Gasteiger partial charge on any atom is 0.418 e. The molecule has 3 aromatic carbocycles. The topological polar surface area (TPSA) is 68.3 Å². The second-order valence-corrected chi connectivity index (χ2v) is 10.8. The van der Waals surface area contributed by atoms with Crippen LogP contribution in [0.25, 0.3) is 22.0 Å². The Morgan fingerprint density at radius 2 is 1.68 bits per heavy atom. The Kier molecular flexibility index (Phi) is 7.85. The minimum atomic E-state index is -4.53. The van der Waals surface area contributed by atoms with Crippen LogP contribution < -0.4 is 10.1 Å². The van der Waals surface area contributed by atoms with E-state index in [1.54, 1.807) is 49.4 Å². The van der Waals surface area contributed by atoms with Crippen LogP contribution in [0.5, 0.6) is 11.5 Å². The van der Waals surface area contributed by atoms with Crippen molar-refractivity contribution in [1.29, 1.82) is 0 Å². The van der Waals surface area contributed by atoms with Crippen molar-refractivity contribution in [2.75, 3.05) is 18.8 Å². The summed E-state index contributed by atoms with van der Waals surface area (Å²) in [5.74, 6) is 0.795. The first-order valence-electron chi connectivity index (χ1n) is 11.9. The van der Waals surface area contributed by atoms with Crippen LogP contribution in [0.1, 0.15) is 24.5 Å². The van der Waals surface area contributed by atoms with Gasteiger partial charge in [-0.1, -0.05) is 37.3 Å². The van der Waals surface area contributed by atoms with Gasteiger partial charge >= 0.3 is 6.18 Å². The fourth-order valence-corrected chi connectivity index (χ4v) is 5.54. The predicted octanol–water partition coefficient (Wildman–Crippen LogP) is 6.79. The first-order chi connectivity index (χ1) is 17.6. The van der Waals surface area contributed by atoms with E-state index in [-0.39, 0.29) is 16.2 Å². The van der Waals surface area contributed by atoms with Gasteiger partial charge in [0.25, 0.3) is 0 Å². The molecule has 0 bridgehead atoms. The Labute approximate surface area is 214 Å². The van der Waals surface area contributed by atoms with E-state index in [9.17, 15) is 21.6 Å². The third kappa shape index (κ3) is 6.11. The fourth-order valence-electron chi connectivity index (χ4n) is 4.20. The molecule has 1 heterocycles. The second-order valence-electron chi connectivity index (χ2n) is 8.65. The molecule has 1 N–H and O–H groups in total. The minimum Gasteiger partial charge on any atom is -0.457 e. The molecular formula is C28H27F3N2O3S. The van der Waals surface area contributed by atoms with Crippen LogP contribution in [0.2, 0.25) is 0 Å². The van der Waals surface area contributed by atoms with E-state index in [0.29, 0.717) is 41.0 Å². The number of benzene rings is 3. The first kappa shape index (κ1) is 26.6. The van der Waals surface area contributed by atoms with Gasteiger partial charge in [0.15, 0.2) is 9.84 Å². The largest absolute Gasteiger partial charge is 0.457 e. The van der Waals surface area contributed by atoms with E-state index in [2.05, 4.69) is 10.3 Å². The standard InChI is InChI=1S/C28H27F3N2O3S/c1-3-32-14-7-15-37(34,35)23-11-5-10-22(17-23)36-21-9-4-8-20(16-21)26-19(2)18-33-27-24(26)12-6-13-25(27)28(29,30)31/h4-6,8-13,16-18,32H,3,7,14-15H2,1-2H3. The molecule has 0 unspecified atom stereocenters. The molecule has 0 amide bonds. The number of nitrogens with zero attached hydrogens (tertiary/aromatic N) is 1. The summed E-state index contributed by atoms with van der Waals surface area (Å²) in [6.45, 7) is 5.15. The molecule has 0 saturated heterocycles. The van der Waals surface area contributed by atoms with Crippen LogP contribution in [-0.4, -0.2) is 32.2 Å². The number of para-hydroxylation sites is 1.